The minimum Gasteiger partial charge on any atom is -0.356 e. The Morgan fingerprint density at radius 1 is 0.964 bits per heavy atom. The van der Waals surface area contributed by atoms with Crippen LogP contribution < -0.4 is 0 Å². The van der Waals surface area contributed by atoms with Gasteiger partial charge in [-0.15, -0.1) is 0 Å². The Hall–Kier alpha value is -2.49. The van der Waals surface area contributed by atoms with Gasteiger partial charge in [0.1, 0.15) is 6.10 Å². The van der Waals surface area contributed by atoms with Crippen LogP contribution >= 0.6 is 0 Å². The van der Waals surface area contributed by atoms with Crippen molar-refractivity contribution >= 4 is 0 Å². The Balaban J connectivity index is 1.36. The minimum absolute atomic E-state index is 0.0546. The normalized spacial score (nSPS) is 21.0. The highest BCUT2D eigenvalue weighted by Crippen LogP contribution is 2.51. The number of benzene rings is 2. The van der Waals surface area contributed by atoms with Crippen LogP contribution in [0.25, 0.3) is 0 Å². The minimum atomic E-state index is -0.178. The molecule has 3 heteroatoms. The number of fused-ring (bicyclic) bond motifs is 2. The molecule has 0 radical (unpaired) electrons. The van der Waals surface area contributed by atoms with Crippen LogP contribution in [0.15, 0.2) is 72.9 Å². The highest BCUT2D eigenvalue weighted by atomic mass is 16.5. The third-order valence-corrected chi connectivity index (χ3v) is 6.22. The summed E-state index contributed by atoms with van der Waals surface area (Å²) in [6.07, 6.45) is 3.86. The van der Waals surface area contributed by atoms with Gasteiger partial charge >= 0.3 is 0 Å². The zero-order valence-corrected chi connectivity index (χ0v) is 16.3. The molecular weight excluding hydrogens is 344 g/mol. The SMILES string of the molecule is Cc1ccc(CN2CCC3(CC2)OC(c2ccccn2)c2ccccc23)cc1. The lowest BCUT2D eigenvalue weighted by Crippen LogP contribution is -2.42. The molecule has 5 rings (SSSR count). The molecule has 3 heterocycles. The Kier molecular flexibility index (Phi) is 4.50. The van der Waals surface area contributed by atoms with Gasteiger partial charge in [0.2, 0.25) is 0 Å². The van der Waals surface area contributed by atoms with Gasteiger partial charge in [-0.05, 0) is 48.6 Å². The van der Waals surface area contributed by atoms with Crippen molar-refractivity contribution in [1.29, 1.82) is 0 Å². The van der Waals surface area contributed by atoms with Gasteiger partial charge in [-0.25, -0.2) is 0 Å². The van der Waals surface area contributed by atoms with Crippen molar-refractivity contribution in [2.75, 3.05) is 13.1 Å². The molecule has 0 amide bonds. The largest absolute Gasteiger partial charge is 0.356 e. The average molecular weight is 370 g/mol. The highest BCUT2D eigenvalue weighted by Gasteiger charge is 2.47. The van der Waals surface area contributed by atoms with Crippen molar-refractivity contribution in [2.45, 2.75) is 38.0 Å². The molecule has 1 saturated heterocycles. The van der Waals surface area contributed by atoms with E-state index in [1.165, 1.54) is 22.3 Å². The third kappa shape index (κ3) is 3.15. The van der Waals surface area contributed by atoms with Crippen LogP contribution in [0.5, 0.6) is 0 Å². The van der Waals surface area contributed by atoms with Crippen molar-refractivity contribution < 1.29 is 4.74 Å². The zero-order chi connectivity index (χ0) is 19.0. The molecule has 1 fully saturated rings. The zero-order valence-electron chi connectivity index (χ0n) is 16.3. The number of hydrogen-bond acceptors (Lipinski definition) is 3. The molecule has 1 spiro atoms. The molecule has 3 nitrogen and oxygen atoms in total. The van der Waals surface area contributed by atoms with Gasteiger partial charge in [-0.2, -0.15) is 0 Å². The summed E-state index contributed by atoms with van der Waals surface area (Å²) in [5.74, 6) is 0. The van der Waals surface area contributed by atoms with Crippen molar-refractivity contribution in [3.05, 3.63) is 101 Å². The summed E-state index contributed by atoms with van der Waals surface area (Å²) in [7, 11) is 0. The van der Waals surface area contributed by atoms with Crippen LogP contribution in [0, 0.1) is 6.92 Å². The van der Waals surface area contributed by atoms with Crippen molar-refractivity contribution in [3.8, 4) is 0 Å². The van der Waals surface area contributed by atoms with E-state index in [0.717, 1.165) is 38.2 Å². The Morgan fingerprint density at radius 3 is 2.46 bits per heavy atom. The van der Waals surface area contributed by atoms with E-state index in [1.807, 2.05) is 18.3 Å². The van der Waals surface area contributed by atoms with Crippen molar-refractivity contribution in [2.24, 2.45) is 0 Å². The van der Waals surface area contributed by atoms with E-state index in [9.17, 15) is 0 Å². The smallest absolute Gasteiger partial charge is 0.126 e. The molecule has 1 unspecified atom stereocenters. The number of aryl methyl sites for hydroxylation is 1. The van der Waals surface area contributed by atoms with Crippen LogP contribution in [-0.2, 0) is 16.9 Å². The predicted octanol–water partition coefficient (Wildman–Crippen LogP) is 5.00. The molecule has 28 heavy (non-hydrogen) atoms. The monoisotopic (exact) mass is 370 g/mol. The summed E-state index contributed by atoms with van der Waals surface area (Å²) in [6.45, 7) is 5.26. The standard InChI is InChI=1S/C25H26N2O/c1-19-9-11-20(12-10-19)18-27-16-13-25(14-17-27)22-7-3-2-6-21(22)24(28-25)23-8-4-5-15-26-23/h2-12,15,24H,13-14,16-18H2,1H3. The molecule has 2 aromatic carbocycles. The summed E-state index contributed by atoms with van der Waals surface area (Å²) in [4.78, 5) is 7.13. The fourth-order valence-corrected chi connectivity index (χ4v) is 4.66. The molecule has 2 aliphatic heterocycles. The van der Waals surface area contributed by atoms with Crippen LogP contribution in [0.1, 0.15) is 46.9 Å². The summed E-state index contributed by atoms with van der Waals surface area (Å²) < 4.78 is 6.77. The van der Waals surface area contributed by atoms with Crippen LogP contribution in [0.4, 0.5) is 0 Å². The predicted molar refractivity (Wildman–Crippen MR) is 111 cm³/mol. The quantitative estimate of drug-likeness (QED) is 0.649. The Bertz CT molecular complexity index is 944. The number of rotatable bonds is 3. The first kappa shape index (κ1) is 17.6. The number of piperidine rings is 1. The van der Waals surface area contributed by atoms with Gasteiger partial charge in [0.15, 0.2) is 0 Å². The second-order valence-corrected chi connectivity index (χ2v) is 8.10. The molecule has 0 bridgehead atoms. The maximum Gasteiger partial charge on any atom is 0.126 e. The van der Waals surface area contributed by atoms with Crippen LogP contribution in [0.3, 0.4) is 0 Å². The third-order valence-electron chi connectivity index (χ3n) is 6.22. The maximum atomic E-state index is 6.77. The summed E-state index contributed by atoms with van der Waals surface area (Å²) in [5.41, 5.74) is 6.18. The fourth-order valence-electron chi connectivity index (χ4n) is 4.66. The molecule has 0 N–H and O–H groups in total. The van der Waals surface area contributed by atoms with E-state index in [1.54, 1.807) is 0 Å². The first-order chi connectivity index (χ1) is 13.7. The van der Waals surface area contributed by atoms with Gasteiger partial charge in [-0.3, -0.25) is 9.88 Å². The number of nitrogens with zero attached hydrogens (tertiary/aromatic N) is 2. The molecule has 142 valence electrons. The van der Waals surface area contributed by atoms with Crippen molar-refractivity contribution in [3.63, 3.8) is 0 Å². The first-order valence-electron chi connectivity index (χ1n) is 10.2. The fraction of sp³-hybridized carbons (Fsp3) is 0.320. The topological polar surface area (TPSA) is 25.4 Å². The number of pyridine rings is 1. The average Bonchev–Trinajstić information content (AvgIpc) is 3.07. The molecule has 0 aliphatic carbocycles. The number of aromatic nitrogens is 1. The molecular formula is C25H26N2O. The highest BCUT2D eigenvalue weighted by molar-refractivity contribution is 5.42. The number of hydrogen-bond donors (Lipinski definition) is 0. The lowest BCUT2D eigenvalue weighted by molar-refractivity contribution is -0.0988. The lowest BCUT2D eigenvalue weighted by Gasteiger charge is -2.39. The van der Waals surface area contributed by atoms with Gasteiger partial charge in [0.25, 0.3) is 0 Å². The van der Waals surface area contributed by atoms with E-state index in [4.69, 9.17) is 4.74 Å². The van der Waals surface area contributed by atoms with Crippen LogP contribution in [0.2, 0.25) is 0 Å². The molecule has 1 atom stereocenters. The maximum absolute atomic E-state index is 6.77. The second kappa shape index (κ2) is 7.16. The van der Waals surface area contributed by atoms with E-state index in [2.05, 4.69) is 71.4 Å². The van der Waals surface area contributed by atoms with E-state index in [0.29, 0.717) is 0 Å². The molecule has 0 saturated carbocycles. The van der Waals surface area contributed by atoms with Gasteiger partial charge < -0.3 is 4.74 Å². The van der Waals surface area contributed by atoms with Gasteiger partial charge in [-0.1, -0.05) is 60.2 Å². The van der Waals surface area contributed by atoms with Crippen LogP contribution in [-0.4, -0.2) is 23.0 Å². The molecule has 2 aliphatic rings. The van der Waals surface area contributed by atoms with E-state index < -0.39 is 0 Å². The summed E-state index contributed by atoms with van der Waals surface area (Å²) >= 11 is 0. The van der Waals surface area contributed by atoms with E-state index in [-0.39, 0.29) is 11.7 Å². The Labute approximate surface area is 167 Å². The molecule has 3 aromatic rings. The number of likely N-dealkylation sites (tertiary alicyclic amines) is 1. The Morgan fingerprint density at radius 2 is 1.71 bits per heavy atom. The van der Waals surface area contributed by atoms with E-state index >= 15 is 0 Å². The van der Waals surface area contributed by atoms with Gasteiger partial charge in [0, 0.05) is 25.8 Å². The van der Waals surface area contributed by atoms with Gasteiger partial charge in [0.05, 0.1) is 11.3 Å². The first-order valence-corrected chi connectivity index (χ1v) is 10.2. The molecule has 1 aromatic heterocycles. The lowest BCUT2D eigenvalue weighted by atomic mass is 9.83. The second-order valence-electron chi connectivity index (χ2n) is 8.10. The summed E-state index contributed by atoms with van der Waals surface area (Å²) in [6, 6.07) is 23.7. The summed E-state index contributed by atoms with van der Waals surface area (Å²) in [5, 5.41) is 0. The van der Waals surface area contributed by atoms with Crippen molar-refractivity contribution in [1.82, 2.24) is 9.88 Å². The number of ether oxygens (including phenoxy) is 1.